The Morgan fingerprint density at radius 2 is 2.00 bits per heavy atom. The van der Waals surface area contributed by atoms with E-state index in [0.29, 0.717) is 11.7 Å². The van der Waals surface area contributed by atoms with Crippen LogP contribution in [0.25, 0.3) is 0 Å². The standard InChI is InChI=1S/C7H7F2P/c8-6-3-1-2-5(4-10)7(6)9/h1-3H,4,10H2. The molecule has 0 N–H and O–H groups in total. The van der Waals surface area contributed by atoms with E-state index in [1.807, 2.05) is 0 Å². The first-order valence-electron chi connectivity index (χ1n) is 2.88. The Morgan fingerprint density at radius 3 is 2.50 bits per heavy atom. The topological polar surface area (TPSA) is 0 Å². The minimum atomic E-state index is -0.778. The van der Waals surface area contributed by atoms with Crippen LogP contribution in [0.2, 0.25) is 0 Å². The monoisotopic (exact) mass is 160 g/mol. The van der Waals surface area contributed by atoms with Crippen LogP contribution in [0.4, 0.5) is 8.78 Å². The molecule has 1 atom stereocenters. The van der Waals surface area contributed by atoms with E-state index in [2.05, 4.69) is 9.24 Å². The summed E-state index contributed by atoms with van der Waals surface area (Å²) in [6, 6.07) is 4.17. The number of halogens is 2. The van der Waals surface area contributed by atoms with Gasteiger partial charge in [0.1, 0.15) is 0 Å². The first-order valence-corrected chi connectivity index (χ1v) is 3.70. The zero-order valence-electron chi connectivity index (χ0n) is 5.27. The van der Waals surface area contributed by atoms with Crippen LogP contribution in [0, 0.1) is 11.6 Å². The summed E-state index contributed by atoms with van der Waals surface area (Å²) < 4.78 is 25.0. The molecule has 3 heteroatoms. The van der Waals surface area contributed by atoms with Gasteiger partial charge in [0.15, 0.2) is 11.6 Å². The van der Waals surface area contributed by atoms with Crippen LogP contribution in [0.5, 0.6) is 0 Å². The molecule has 0 aromatic heterocycles. The second-order valence-electron chi connectivity index (χ2n) is 1.92. The van der Waals surface area contributed by atoms with Crippen LogP contribution < -0.4 is 0 Å². The summed E-state index contributed by atoms with van der Waals surface area (Å²) in [5.74, 6) is -1.52. The molecule has 0 heterocycles. The Kier molecular flexibility index (Phi) is 2.34. The fourth-order valence-electron chi connectivity index (χ4n) is 0.706. The van der Waals surface area contributed by atoms with Crippen molar-refractivity contribution in [3.05, 3.63) is 35.4 Å². The summed E-state index contributed by atoms with van der Waals surface area (Å²) in [5.41, 5.74) is 0.394. The van der Waals surface area contributed by atoms with Gasteiger partial charge in [-0.25, -0.2) is 8.78 Å². The highest BCUT2D eigenvalue weighted by atomic mass is 31.0. The van der Waals surface area contributed by atoms with Crippen molar-refractivity contribution in [2.45, 2.75) is 6.16 Å². The minimum Gasteiger partial charge on any atom is -0.204 e. The normalized spacial score (nSPS) is 9.90. The third kappa shape index (κ3) is 1.32. The van der Waals surface area contributed by atoms with E-state index >= 15 is 0 Å². The molecule has 0 nitrogen and oxygen atoms in total. The zero-order valence-corrected chi connectivity index (χ0v) is 6.43. The highest BCUT2D eigenvalue weighted by Gasteiger charge is 2.03. The first kappa shape index (κ1) is 7.62. The van der Waals surface area contributed by atoms with Gasteiger partial charge in [-0.05, 0) is 17.8 Å². The van der Waals surface area contributed by atoms with Crippen molar-refractivity contribution in [1.82, 2.24) is 0 Å². The van der Waals surface area contributed by atoms with Crippen molar-refractivity contribution < 1.29 is 8.78 Å². The van der Waals surface area contributed by atoms with Gasteiger partial charge in [0.05, 0.1) is 0 Å². The van der Waals surface area contributed by atoms with Gasteiger partial charge in [0, 0.05) is 0 Å². The predicted octanol–water partition coefficient (Wildman–Crippen LogP) is 2.34. The fourth-order valence-corrected chi connectivity index (χ4v) is 1.02. The van der Waals surface area contributed by atoms with Gasteiger partial charge in [0.2, 0.25) is 0 Å². The maximum atomic E-state index is 12.6. The van der Waals surface area contributed by atoms with Crippen LogP contribution in [-0.2, 0) is 6.16 Å². The molecule has 1 unspecified atom stereocenters. The third-order valence-corrected chi connectivity index (χ3v) is 1.69. The Hall–Kier alpha value is -0.490. The number of benzene rings is 1. The average molecular weight is 160 g/mol. The summed E-state index contributed by atoms with van der Waals surface area (Å²) in [5, 5.41) is 0. The van der Waals surface area contributed by atoms with Crippen LogP contribution in [-0.4, -0.2) is 0 Å². The molecule has 0 aliphatic rings. The molecule has 54 valence electrons. The summed E-state index contributed by atoms with van der Waals surface area (Å²) in [6.45, 7) is 0. The van der Waals surface area contributed by atoms with Crippen molar-refractivity contribution in [3.8, 4) is 0 Å². The van der Waals surface area contributed by atoms with Crippen LogP contribution in [0.15, 0.2) is 18.2 Å². The van der Waals surface area contributed by atoms with E-state index in [-0.39, 0.29) is 0 Å². The molecule has 1 aromatic rings. The lowest BCUT2D eigenvalue weighted by Gasteiger charge is -1.97. The summed E-state index contributed by atoms with van der Waals surface area (Å²) >= 11 is 0. The quantitative estimate of drug-likeness (QED) is 0.553. The molecule has 1 aromatic carbocycles. The summed E-state index contributed by atoms with van der Waals surface area (Å²) in [7, 11) is 2.34. The fraction of sp³-hybridized carbons (Fsp3) is 0.143. The maximum Gasteiger partial charge on any atom is 0.162 e. The van der Waals surface area contributed by atoms with Gasteiger partial charge in [-0.2, -0.15) is 0 Å². The van der Waals surface area contributed by atoms with E-state index in [0.717, 1.165) is 6.07 Å². The van der Waals surface area contributed by atoms with Crippen LogP contribution >= 0.6 is 9.24 Å². The van der Waals surface area contributed by atoms with E-state index in [1.54, 1.807) is 6.07 Å². The average Bonchev–Trinajstić information content (AvgIpc) is 1.95. The Morgan fingerprint density at radius 1 is 1.30 bits per heavy atom. The molecule has 0 bridgehead atoms. The van der Waals surface area contributed by atoms with Crippen LogP contribution in [0.3, 0.4) is 0 Å². The van der Waals surface area contributed by atoms with E-state index < -0.39 is 11.6 Å². The van der Waals surface area contributed by atoms with Crippen molar-refractivity contribution in [2.75, 3.05) is 0 Å². The lowest BCUT2D eigenvalue weighted by molar-refractivity contribution is 0.502. The van der Waals surface area contributed by atoms with Crippen molar-refractivity contribution >= 4 is 9.24 Å². The smallest absolute Gasteiger partial charge is 0.162 e. The Balaban J connectivity index is 3.14. The van der Waals surface area contributed by atoms with Crippen molar-refractivity contribution in [2.24, 2.45) is 0 Å². The van der Waals surface area contributed by atoms with Gasteiger partial charge in [-0.15, -0.1) is 9.24 Å². The highest BCUT2D eigenvalue weighted by molar-refractivity contribution is 7.15. The summed E-state index contributed by atoms with van der Waals surface area (Å²) in [6.07, 6.45) is 0.448. The zero-order chi connectivity index (χ0) is 7.56. The number of hydrogen-bond acceptors (Lipinski definition) is 0. The highest BCUT2D eigenvalue weighted by Crippen LogP contribution is 2.13. The SMILES string of the molecule is Fc1cccc(CP)c1F. The number of hydrogen-bond donors (Lipinski definition) is 0. The van der Waals surface area contributed by atoms with Gasteiger partial charge in [0.25, 0.3) is 0 Å². The molecule has 0 aliphatic carbocycles. The molecule has 10 heavy (non-hydrogen) atoms. The van der Waals surface area contributed by atoms with Crippen LogP contribution in [0.1, 0.15) is 5.56 Å². The molecule has 0 aliphatic heterocycles. The van der Waals surface area contributed by atoms with E-state index in [9.17, 15) is 8.78 Å². The number of rotatable bonds is 1. The molecular weight excluding hydrogens is 153 g/mol. The van der Waals surface area contributed by atoms with Gasteiger partial charge >= 0.3 is 0 Å². The first-order chi connectivity index (χ1) is 4.75. The lowest BCUT2D eigenvalue weighted by atomic mass is 10.2. The molecule has 0 fully saturated rings. The van der Waals surface area contributed by atoms with Gasteiger partial charge in [-0.3, -0.25) is 0 Å². The Labute approximate surface area is 60.5 Å². The van der Waals surface area contributed by atoms with Crippen molar-refractivity contribution in [3.63, 3.8) is 0 Å². The summed E-state index contributed by atoms with van der Waals surface area (Å²) in [4.78, 5) is 0. The predicted molar refractivity (Wildman–Crippen MR) is 39.8 cm³/mol. The lowest BCUT2D eigenvalue weighted by Crippen LogP contribution is -1.89. The van der Waals surface area contributed by atoms with Gasteiger partial charge in [-0.1, -0.05) is 12.1 Å². The molecule has 0 spiro atoms. The maximum absolute atomic E-state index is 12.6. The molecular formula is C7H7F2P. The Bertz CT molecular complexity index is 235. The molecule has 1 rings (SSSR count). The molecule has 0 radical (unpaired) electrons. The second-order valence-corrected chi connectivity index (χ2v) is 2.33. The minimum absolute atomic E-state index is 0.394. The second kappa shape index (κ2) is 3.07. The van der Waals surface area contributed by atoms with E-state index in [1.165, 1.54) is 6.07 Å². The largest absolute Gasteiger partial charge is 0.204 e. The van der Waals surface area contributed by atoms with Crippen molar-refractivity contribution in [1.29, 1.82) is 0 Å². The molecule has 0 saturated carbocycles. The van der Waals surface area contributed by atoms with Gasteiger partial charge < -0.3 is 0 Å². The third-order valence-electron chi connectivity index (χ3n) is 1.25. The van der Waals surface area contributed by atoms with E-state index in [4.69, 9.17) is 0 Å². The molecule has 0 saturated heterocycles. The molecule has 0 amide bonds.